The van der Waals surface area contributed by atoms with E-state index in [0.717, 1.165) is 48.0 Å². The largest absolute Gasteiger partial charge is 0.497 e. The first kappa shape index (κ1) is 24.5. The molecular formula is C29H27F2N3O3S. The summed E-state index contributed by atoms with van der Waals surface area (Å²) in [5, 5.41) is 4.04. The van der Waals surface area contributed by atoms with Crippen LogP contribution in [-0.4, -0.2) is 29.7 Å². The number of nitrogens with zero attached hydrogens (tertiary/aromatic N) is 2. The zero-order valence-electron chi connectivity index (χ0n) is 21.1. The number of benzene rings is 2. The van der Waals surface area contributed by atoms with Crippen LogP contribution in [-0.2, 0) is 19.4 Å². The average Bonchev–Trinajstić information content (AvgIpc) is 3.50. The maximum atomic E-state index is 14.5. The monoisotopic (exact) mass is 535 g/mol. The summed E-state index contributed by atoms with van der Waals surface area (Å²) in [6, 6.07) is 11.3. The van der Waals surface area contributed by atoms with Gasteiger partial charge in [0.05, 0.1) is 32.1 Å². The average molecular weight is 536 g/mol. The van der Waals surface area contributed by atoms with Gasteiger partial charge in [-0.25, -0.2) is 13.6 Å². The van der Waals surface area contributed by atoms with Crippen molar-refractivity contribution in [3.8, 4) is 16.5 Å². The molecule has 2 aromatic heterocycles. The highest BCUT2D eigenvalue weighted by Gasteiger charge is 2.36. The van der Waals surface area contributed by atoms with Crippen molar-refractivity contribution >= 4 is 23.1 Å². The molecule has 4 aromatic rings. The van der Waals surface area contributed by atoms with Crippen molar-refractivity contribution in [3.05, 3.63) is 93.6 Å². The van der Waals surface area contributed by atoms with Gasteiger partial charge in [-0.15, -0.1) is 11.3 Å². The molecule has 0 bridgehead atoms. The van der Waals surface area contributed by atoms with E-state index in [4.69, 9.17) is 9.47 Å². The Morgan fingerprint density at radius 3 is 2.55 bits per heavy atom. The number of ether oxygens (including phenoxy) is 2. The first-order chi connectivity index (χ1) is 18.5. The smallest absolute Gasteiger partial charge is 0.323 e. The van der Waals surface area contributed by atoms with E-state index >= 15 is 0 Å². The molecule has 1 N–H and O–H groups in total. The molecular weight excluding hydrogens is 508 g/mol. The van der Waals surface area contributed by atoms with Crippen molar-refractivity contribution in [2.24, 2.45) is 0 Å². The topological polar surface area (TPSA) is 55.7 Å². The number of thiophene rings is 1. The highest BCUT2D eigenvalue weighted by Crippen LogP contribution is 2.44. The normalized spacial score (nSPS) is 16.2. The number of aryl methyl sites for hydroxylation is 1. The van der Waals surface area contributed by atoms with Crippen molar-refractivity contribution in [2.45, 2.75) is 38.3 Å². The summed E-state index contributed by atoms with van der Waals surface area (Å²) >= 11 is 1.75. The number of fused-ring (bicyclic) bond motifs is 5. The lowest BCUT2D eigenvalue weighted by atomic mass is 9.95. The molecule has 0 saturated heterocycles. The fraction of sp³-hybridized carbons (Fsp3) is 0.276. The molecule has 1 aliphatic heterocycles. The third-order valence-electron chi connectivity index (χ3n) is 7.29. The maximum Gasteiger partial charge on any atom is 0.323 e. The Balaban J connectivity index is 1.49. The minimum absolute atomic E-state index is 0.302. The van der Waals surface area contributed by atoms with Gasteiger partial charge in [0.2, 0.25) is 0 Å². The highest BCUT2D eigenvalue weighted by atomic mass is 32.1. The SMILES string of the molecule is COc1ccc(NC(=O)N2Cc3c(sc4c3CCCC4)-n3cccc3C2c2cc(F)cc(F)c2)c(OC)c1. The zero-order chi connectivity index (χ0) is 26.4. The molecule has 6 nitrogen and oxygen atoms in total. The number of anilines is 1. The van der Waals surface area contributed by atoms with Crippen molar-refractivity contribution < 1.29 is 23.0 Å². The van der Waals surface area contributed by atoms with E-state index in [0.29, 0.717) is 29.3 Å². The van der Waals surface area contributed by atoms with Crippen molar-refractivity contribution in [3.63, 3.8) is 0 Å². The van der Waals surface area contributed by atoms with Crippen LogP contribution in [0.15, 0.2) is 54.7 Å². The van der Waals surface area contributed by atoms with Crippen molar-refractivity contribution in [2.75, 3.05) is 19.5 Å². The van der Waals surface area contributed by atoms with E-state index in [1.54, 1.807) is 41.5 Å². The lowest BCUT2D eigenvalue weighted by Crippen LogP contribution is -2.38. The van der Waals surface area contributed by atoms with Crippen LogP contribution in [0.4, 0.5) is 19.3 Å². The van der Waals surface area contributed by atoms with E-state index in [1.807, 2.05) is 18.3 Å². The molecule has 3 heterocycles. The zero-order valence-corrected chi connectivity index (χ0v) is 21.9. The predicted molar refractivity (Wildman–Crippen MR) is 143 cm³/mol. The number of hydrogen-bond donors (Lipinski definition) is 1. The fourth-order valence-electron chi connectivity index (χ4n) is 5.56. The maximum absolute atomic E-state index is 14.5. The summed E-state index contributed by atoms with van der Waals surface area (Å²) in [7, 11) is 3.08. The molecule has 38 heavy (non-hydrogen) atoms. The van der Waals surface area contributed by atoms with E-state index in [1.165, 1.54) is 29.7 Å². The summed E-state index contributed by atoms with van der Waals surface area (Å²) in [5.41, 5.74) is 3.99. The summed E-state index contributed by atoms with van der Waals surface area (Å²) in [4.78, 5) is 17.1. The van der Waals surface area contributed by atoms with Crippen molar-refractivity contribution in [1.82, 2.24) is 9.47 Å². The van der Waals surface area contributed by atoms with E-state index in [2.05, 4.69) is 9.88 Å². The number of carbonyl (C=O) groups excluding carboxylic acids is 1. The molecule has 9 heteroatoms. The number of urea groups is 1. The molecule has 2 aliphatic rings. The Bertz CT molecular complexity index is 1510. The Kier molecular flexibility index (Phi) is 6.31. The van der Waals surface area contributed by atoms with Gasteiger partial charge in [-0.3, -0.25) is 0 Å². The lowest BCUT2D eigenvalue weighted by molar-refractivity contribution is 0.194. The van der Waals surface area contributed by atoms with Crippen LogP contribution < -0.4 is 14.8 Å². The van der Waals surface area contributed by atoms with E-state index < -0.39 is 23.7 Å². The van der Waals surface area contributed by atoms with Gasteiger partial charge in [-0.2, -0.15) is 0 Å². The predicted octanol–water partition coefficient (Wildman–Crippen LogP) is 6.85. The summed E-state index contributed by atoms with van der Waals surface area (Å²) in [6.07, 6.45) is 6.20. The summed E-state index contributed by atoms with van der Waals surface area (Å²) < 4.78 is 41.8. The van der Waals surface area contributed by atoms with Crippen LogP contribution in [0, 0.1) is 11.6 Å². The molecule has 0 saturated carbocycles. The molecule has 1 atom stereocenters. The minimum Gasteiger partial charge on any atom is -0.497 e. The molecule has 196 valence electrons. The van der Waals surface area contributed by atoms with E-state index in [-0.39, 0.29) is 0 Å². The molecule has 0 spiro atoms. The van der Waals surface area contributed by atoms with Gasteiger partial charge in [0.1, 0.15) is 34.2 Å². The first-order valence-corrected chi connectivity index (χ1v) is 13.3. The van der Waals surface area contributed by atoms with Crippen LogP contribution >= 0.6 is 11.3 Å². The van der Waals surface area contributed by atoms with Gasteiger partial charge in [-0.05, 0) is 73.2 Å². The van der Waals surface area contributed by atoms with Gasteiger partial charge in [0, 0.05) is 28.8 Å². The number of methoxy groups -OCH3 is 2. The lowest BCUT2D eigenvalue weighted by Gasteiger charge is -2.31. The first-order valence-electron chi connectivity index (χ1n) is 12.5. The summed E-state index contributed by atoms with van der Waals surface area (Å²) in [6.45, 7) is 0.302. The number of rotatable bonds is 4. The number of aromatic nitrogens is 1. The number of amides is 2. The molecule has 1 unspecified atom stereocenters. The van der Waals surface area contributed by atoms with Crippen LogP contribution in [0.5, 0.6) is 11.5 Å². The minimum atomic E-state index is -0.724. The molecule has 1 aliphatic carbocycles. The quantitative estimate of drug-likeness (QED) is 0.311. The fourth-order valence-corrected chi connectivity index (χ4v) is 6.96. The molecule has 6 rings (SSSR count). The Morgan fingerprint density at radius 2 is 1.79 bits per heavy atom. The third kappa shape index (κ3) is 4.20. The molecule has 2 amide bonds. The van der Waals surface area contributed by atoms with Gasteiger partial charge in [0.15, 0.2) is 0 Å². The Hall–Kier alpha value is -3.85. The van der Waals surface area contributed by atoms with Gasteiger partial charge in [0.25, 0.3) is 0 Å². The van der Waals surface area contributed by atoms with Crippen LogP contribution in [0.2, 0.25) is 0 Å². The standard InChI is InChI=1S/C29H27F2N3O3S/c1-36-20-9-10-23(25(15-20)37-2)32-29(35)34-16-22-21-6-3-4-8-26(21)38-28(22)33-11-5-7-24(33)27(34)17-12-18(30)14-19(31)13-17/h5,7,9-15,27H,3-4,6,8,16H2,1-2H3,(H,32,35). The highest BCUT2D eigenvalue weighted by molar-refractivity contribution is 7.15. The van der Waals surface area contributed by atoms with Crippen molar-refractivity contribution in [1.29, 1.82) is 0 Å². The second-order valence-corrected chi connectivity index (χ2v) is 10.6. The van der Waals surface area contributed by atoms with Gasteiger partial charge in [-0.1, -0.05) is 0 Å². The number of halogens is 2. The molecule has 0 fully saturated rings. The second-order valence-electron chi connectivity index (χ2n) is 9.53. The van der Waals surface area contributed by atoms with Gasteiger partial charge >= 0.3 is 6.03 Å². The van der Waals surface area contributed by atoms with E-state index in [9.17, 15) is 13.6 Å². The number of carbonyl (C=O) groups is 1. The van der Waals surface area contributed by atoms with Crippen LogP contribution in [0.3, 0.4) is 0 Å². The number of nitrogens with one attached hydrogen (secondary N) is 1. The van der Waals surface area contributed by atoms with Gasteiger partial charge < -0.3 is 24.3 Å². The molecule has 0 radical (unpaired) electrons. The summed E-state index contributed by atoms with van der Waals surface area (Å²) in [5.74, 6) is -0.341. The Morgan fingerprint density at radius 1 is 1.00 bits per heavy atom. The Labute approximate surface area is 223 Å². The third-order valence-corrected chi connectivity index (χ3v) is 8.62. The van der Waals surface area contributed by atoms with Crippen LogP contribution in [0.1, 0.15) is 46.1 Å². The van der Waals surface area contributed by atoms with Crippen LogP contribution in [0.25, 0.3) is 5.00 Å². The molecule has 2 aromatic carbocycles. The second kappa shape index (κ2) is 9.79. The number of hydrogen-bond acceptors (Lipinski definition) is 4.